The second-order valence-corrected chi connectivity index (χ2v) is 10.1. The zero-order valence-corrected chi connectivity index (χ0v) is 22.2. The number of fused-ring (bicyclic) bond motifs is 3. The summed E-state index contributed by atoms with van der Waals surface area (Å²) in [6.45, 7) is -0.00978. The van der Waals surface area contributed by atoms with Crippen LogP contribution in [-0.2, 0) is 35.3 Å². The van der Waals surface area contributed by atoms with Crippen molar-refractivity contribution < 1.29 is 38.6 Å². The van der Waals surface area contributed by atoms with Crippen molar-refractivity contribution in [2.45, 2.75) is 43.9 Å². The van der Waals surface area contributed by atoms with Gasteiger partial charge >= 0.3 is 18.0 Å². The number of aliphatic carboxylic acids is 1. The predicted octanol–water partition coefficient (Wildman–Crippen LogP) is 3.94. The van der Waals surface area contributed by atoms with Crippen molar-refractivity contribution in [1.29, 1.82) is 0 Å². The standard InChI is InChI=1S/C31H30N2O8/c34-27(39-17-19-8-2-1-3-9-19)16-26(29(35)33-41-28(30(36)37)20-14-15-20)32-31(38)40-18-25-23-12-6-4-10-21(23)22-11-5-7-13-24(22)25/h1-13,20,25-26,28H,14-18H2,(H,32,38)(H,33,35)(H,36,37)/t26-,28?/m0/s1. The minimum absolute atomic E-state index is 0.00587. The van der Waals surface area contributed by atoms with Gasteiger partial charge in [-0.15, -0.1) is 0 Å². The molecular weight excluding hydrogens is 528 g/mol. The number of hydrogen-bond donors (Lipinski definition) is 3. The van der Waals surface area contributed by atoms with E-state index in [0.29, 0.717) is 12.8 Å². The van der Waals surface area contributed by atoms with Crippen molar-refractivity contribution >= 4 is 23.9 Å². The maximum atomic E-state index is 12.9. The Bertz CT molecular complexity index is 1380. The number of carboxylic acid groups (broad SMARTS) is 1. The molecule has 0 bridgehead atoms. The Morgan fingerprint density at radius 2 is 1.44 bits per heavy atom. The molecule has 212 valence electrons. The van der Waals surface area contributed by atoms with Crippen LogP contribution in [0.1, 0.15) is 41.9 Å². The Hall–Kier alpha value is -4.70. The number of carbonyl (C=O) groups excluding carboxylic acids is 3. The van der Waals surface area contributed by atoms with Gasteiger partial charge in [-0.3, -0.25) is 14.4 Å². The number of ether oxygens (including phenoxy) is 2. The van der Waals surface area contributed by atoms with Crippen molar-refractivity contribution in [3.8, 4) is 11.1 Å². The first-order valence-electron chi connectivity index (χ1n) is 13.4. The van der Waals surface area contributed by atoms with E-state index < -0.39 is 42.5 Å². The minimum Gasteiger partial charge on any atom is -0.479 e. The van der Waals surface area contributed by atoms with E-state index in [2.05, 4.69) is 10.8 Å². The molecule has 3 N–H and O–H groups in total. The van der Waals surface area contributed by atoms with Gasteiger partial charge in [-0.1, -0.05) is 78.9 Å². The zero-order valence-electron chi connectivity index (χ0n) is 22.2. The molecule has 1 unspecified atom stereocenters. The van der Waals surface area contributed by atoms with Crippen LogP contribution in [0.3, 0.4) is 0 Å². The summed E-state index contributed by atoms with van der Waals surface area (Å²) < 4.78 is 10.8. The molecule has 3 aromatic rings. The third-order valence-electron chi connectivity index (χ3n) is 7.15. The molecule has 10 heteroatoms. The van der Waals surface area contributed by atoms with Gasteiger partial charge in [0.2, 0.25) is 0 Å². The lowest BCUT2D eigenvalue weighted by molar-refractivity contribution is -0.164. The van der Waals surface area contributed by atoms with Crippen LogP contribution in [0.5, 0.6) is 0 Å². The van der Waals surface area contributed by atoms with E-state index in [1.165, 1.54) is 0 Å². The van der Waals surface area contributed by atoms with Gasteiger partial charge in [0, 0.05) is 5.92 Å². The van der Waals surface area contributed by atoms with Crippen LogP contribution < -0.4 is 10.8 Å². The van der Waals surface area contributed by atoms with Crippen molar-refractivity contribution in [3.05, 3.63) is 95.6 Å². The van der Waals surface area contributed by atoms with Crippen LogP contribution in [0.25, 0.3) is 11.1 Å². The molecule has 3 aromatic carbocycles. The third kappa shape index (κ3) is 6.90. The quantitative estimate of drug-likeness (QED) is 0.224. The third-order valence-corrected chi connectivity index (χ3v) is 7.15. The highest BCUT2D eigenvalue weighted by Crippen LogP contribution is 2.44. The van der Waals surface area contributed by atoms with Gasteiger partial charge in [-0.2, -0.15) is 0 Å². The maximum absolute atomic E-state index is 12.9. The monoisotopic (exact) mass is 558 g/mol. The van der Waals surface area contributed by atoms with Gasteiger partial charge in [0.15, 0.2) is 6.10 Å². The summed E-state index contributed by atoms with van der Waals surface area (Å²) in [5, 5.41) is 11.8. The second kappa shape index (κ2) is 12.6. The van der Waals surface area contributed by atoms with E-state index in [-0.39, 0.29) is 25.0 Å². The lowest BCUT2D eigenvalue weighted by Crippen LogP contribution is -2.49. The molecule has 2 atom stereocenters. The maximum Gasteiger partial charge on any atom is 0.407 e. The van der Waals surface area contributed by atoms with Crippen molar-refractivity contribution in [2.75, 3.05) is 6.61 Å². The summed E-state index contributed by atoms with van der Waals surface area (Å²) in [6, 6.07) is 23.3. The molecule has 0 aromatic heterocycles. The van der Waals surface area contributed by atoms with E-state index in [9.17, 15) is 24.3 Å². The first-order valence-corrected chi connectivity index (χ1v) is 13.4. The largest absolute Gasteiger partial charge is 0.479 e. The van der Waals surface area contributed by atoms with Crippen LogP contribution in [-0.4, -0.2) is 47.8 Å². The van der Waals surface area contributed by atoms with E-state index >= 15 is 0 Å². The second-order valence-electron chi connectivity index (χ2n) is 10.1. The Labute approximate surface area is 236 Å². The van der Waals surface area contributed by atoms with Crippen molar-refractivity contribution in [2.24, 2.45) is 5.92 Å². The number of rotatable bonds is 12. The molecule has 1 saturated carbocycles. The van der Waals surface area contributed by atoms with Gasteiger partial charge in [0.1, 0.15) is 19.3 Å². The van der Waals surface area contributed by atoms with Gasteiger partial charge in [0.25, 0.3) is 5.91 Å². The summed E-state index contributed by atoms with van der Waals surface area (Å²) in [7, 11) is 0. The number of benzene rings is 3. The van der Waals surface area contributed by atoms with Gasteiger partial charge < -0.3 is 19.9 Å². The lowest BCUT2D eigenvalue weighted by atomic mass is 9.98. The van der Waals surface area contributed by atoms with Crippen molar-refractivity contribution in [3.63, 3.8) is 0 Å². The minimum atomic E-state index is -1.43. The molecule has 10 nitrogen and oxygen atoms in total. The summed E-state index contributed by atoms with van der Waals surface area (Å²) in [4.78, 5) is 55.0. The highest BCUT2D eigenvalue weighted by atomic mass is 16.7. The Balaban J connectivity index is 1.22. The van der Waals surface area contributed by atoms with E-state index in [4.69, 9.17) is 14.3 Å². The van der Waals surface area contributed by atoms with E-state index in [1.807, 2.05) is 54.6 Å². The van der Waals surface area contributed by atoms with Crippen LogP contribution in [0.2, 0.25) is 0 Å². The van der Waals surface area contributed by atoms with Crippen molar-refractivity contribution in [1.82, 2.24) is 10.8 Å². The van der Waals surface area contributed by atoms with Gasteiger partial charge in [-0.25, -0.2) is 15.1 Å². The highest BCUT2D eigenvalue weighted by molar-refractivity contribution is 5.89. The summed E-state index contributed by atoms with van der Waals surface area (Å²) in [5.41, 5.74) is 7.02. The summed E-state index contributed by atoms with van der Waals surface area (Å²) >= 11 is 0. The fraction of sp³-hybridized carbons (Fsp3) is 0.290. The molecule has 2 aliphatic rings. The number of carbonyl (C=O) groups is 4. The first-order chi connectivity index (χ1) is 19.9. The Kier molecular flexibility index (Phi) is 8.59. The summed E-state index contributed by atoms with van der Waals surface area (Å²) in [5.74, 6) is -3.27. The number of nitrogens with one attached hydrogen (secondary N) is 2. The average molecular weight is 559 g/mol. The molecule has 0 heterocycles. The molecular formula is C31H30N2O8. The topological polar surface area (TPSA) is 140 Å². The van der Waals surface area contributed by atoms with Crippen LogP contribution in [0, 0.1) is 5.92 Å². The molecule has 0 aliphatic heterocycles. The zero-order chi connectivity index (χ0) is 28.8. The fourth-order valence-corrected chi connectivity index (χ4v) is 4.90. The SMILES string of the molecule is O=C(C[C@H](NC(=O)OCC1c2ccccc2-c2ccccc21)C(=O)NOC(C(=O)O)C1CC1)OCc1ccccc1. The molecule has 2 amide bonds. The Morgan fingerprint density at radius 3 is 2.05 bits per heavy atom. The normalized spacial score (nSPS) is 15.1. The van der Waals surface area contributed by atoms with E-state index in [1.54, 1.807) is 24.3 Å². The number of hydroxylamine groups is 1. The van der Waals surface area contributed by atoms with E-state index in [0.717, 1.165) is 27.8 Å². The number of alkyl carbamates (subject to hydrolysis) is 1. The van der Waals surface area contributed by atoms with Crippen LogP contribution in [0.15, 0.2) is 78.9 Å². The molecule has 0 spiro atoms. The predicted molar refractivity (Wildman–Crippen MR) is 146 cm³/mol. The molecule has 1 fully saturated rings. The van der Waals surface area contributed by atoms with Gasteiger partial charge in [-0.05, 0) is 46.6 Å². The molecule has 0 radical (unpaired) electrons. The Morgan fingerprint density at radius 1 is 0.829 bits per heavy atom. The van der Waals surface area contributed by atoms with Gasteiger partial charge in [0.05, 0.1) is 6.42 Å². The highest BCUT2D eigenvalue weighted by Gasteiger charge is 2.39. The number of carboxylic acids is 1. The fourth-order valence-electron chi connectivity index (χ4n) is 4.90. The lowest BCUT2D eigenvalue weighted by Gasteiger charge is -2.20. The number of amides is 2. The molecule has 5 rings (SSSR count). The molecule has 0 saturated heterocycles. The number of esters is 1. The van der Waals surface area contributed by atoms with Crippen LogP contribution >= 0.6 is 0 Å². The molecule has 41 heavy (non-hydrogen) atoms. The first kappa shape index (κ1) is 27.9. The number of hydrogen-bond acceptors (Lipinski definition) is 7. The smallest absolute Gasteiger partial charge is 0.407 e. The molecule has 2 aliphatic carbocycles. The summed E-state index contributed by atoms with van der Waals surface area (Å²) in [6.07, 6.45) is -1.33. The van der Waals surface area contributed by atoms with Crippen LogP contribution in [0.4, 0.5) is 4.79 Å². The average Bonchev–Trinajstić information content (AvgIpc) is 3.77.